The fourth-order valence-electron chi connectivity index (χ4n) is 3.84. The first-order valence-electron chi connectivity index (χ1n) is 8.95. The first-order valence-corrected chi connectivity index (χ1v) is 9.48. The molecular weight excluding hydrogens is 324 g/mol. The van der Waals surface area contributed by atoms with Crippen molar-refractivity contribution in [3.05, 3.63) is 18.0 Å². The number of carbonyl (C=O) groups is 1. The number of hydrogen-bond donors (Lipinski definition) is 0. The molecule has 0 spiro atoms. The number of nitrogens with zero attached hydrogens (tertiary/aromatic N) is 4. The van der Waals surface area contributed by atoms with E-state index in [0.717, 1.165) is 44.2 Å². The summed E-state index contributed by atoms with van der Waals surface area (Å²) in [6.07, 6.45) is 10.4. The highest BCUT2D eigenvalue weighted by Crippen LogP contribution is 2.37. The summed E-state index contributed by atoms with van der Waals surface area (Å²) in [5.74, 6) is -0.141. The fraction of sp³-hybridized carbons (Fsp3) is 0.722. The predicted octanol–water partition coefficient (Wildman–Crippen LogP) is 3.65. The van der Waals surface area contributed by atoms with Gasteiger partial charge in [-0.05, 0) is 38.2 Å². The van der Waals surface area contributed by atoms with Crippen molar-refractivity contribution in [2.45, 2.75) is 64.0 Å². The average Bonchev–Trinajstić information content (AvgIpc) is 3.00. The van der Waals surface area contributed by atoms with Crippen LogP contribution in [0.5, 0.6) is 0 Å². The summed E-state index contributed by atoms with van der Waals surface area (Å²) >= 11 is 5.84. The van der Waals surface area contributed by atoms with E-state index in [1.54, 1.807) is 11.1 Å². The molecule has 2 saturated carbocycles. The molecule has 0 bridgehead atoms. The quantitative estimate of drug-likeness (QED) is 0.737. The molecule has 0 aliphatic heterocycles. The van der Waals surface area contributed by atoms with Crippen molar-refractivity contribution in [3.8, 4) is 6.07 Å². The maximum Gasteiger partial charge on any atom is 0.237 e. The van der Waals surface area contributed by atoms with Crippen LogP contribution in [0.2, 0.25) is 0 Å². The normalized spacial score (nSPS) is 20.2. The molecule has 0 unspecified atom stereocenters. The highest BCUT2D eigenvalue weighted by Gasteiger charge is 2.36. The summed E-state index contributed by atoms with van der Waals surface area (Å²) in [5, 5.41) is 14.2. The molecule has 130 valence electrons. The second-order valence-electron chi connectivity index (χ2n) is 7.19. The highest BCUT2D eigenvalue weighted by atomic mass is 35.5. The Morgan fingerprint density at radius 2 is 2.12 bits per heavy atom. The van der Waals surface area contributed by atoms with Gasteiger partial charge in [-0.15, -0.1) is 11.6 Å². The number of aromatic nitrogens is 2. The topological polar surface area (TPSA) is 61.9 Å². The van der Waals surface area contributed by atoms with Crippen LogP contribution in [0.15, 0.2) is 12.3 Å². The van der Waals surface area contributed by atoms with E-state index in [-0.39, 0.29) is 11.8 Å². The predicted molar refractivity (Wildman–Crippen MR) is 92.4 cm³/mol. The molecule has 0 radical (unpaired) electrons. The number of halogens is 1. The number of carbonyl (C=O) groups excluding carboxylic acids is 1. The van der Waals surface area contributed by atoms with E-state index in [1.165, 1.54) is 12.8 Å². The Bertz CT molecular complexity index is 611. The van der Waals surface area contributed by atoms with Crippen LogP contribution < -0.4 is 0 Å². The van der Waals surface area contributed by atoms with Gasteiger partial charge in [0.1, 0.15) is 5.88 Å². The van der Waals surface area contributed by atoms with Gasteiger partial charge in [-0.3, -0.25) is 9.48 Å². The monoisotopic (exact) mass is 348 g/mol. The Balaban J connectivity index is 1.76. The molecular formula is C18H25ClN4O. The Morgan fingerprint density at radius 1 is 1.38 bits per heavy atom. The van der Waals surface area contributed by atoms with Crippen LogP contribution in [-0.4, -0.2) is 33.0 Å². The number of rotatable bonds is 6. The molecule has 1 amide bonds. The molecule has 1 aromatic heterocycles. The van der Waals surface area contributed by atoms with Gasteiger partial charge in [0.25, 0.3) is 0 Å². The Hall–Kier alpha value is -1.54. The molecule has 1 aromatic rings. The van der Waals surface area contributed by atoms with E-state index in [9.17, 15) is 10.1 Å². The molecule has 2 aliphatic rings. The SMILES string of the molecule is N#CC1(CN(Cc2ccnn2C2CCC2)C(=O)CCl)CCCCC1. The maximum atomic E-state index is 12.4. The van der Waals surface area contributed by atoms with Gasteiger partial charge in [-0.2, -0.15) is 10.4 Å². The van der Waals surface area contributed by atoms with E-state index in [0.29, 0.717) is 19.1 Å². The average molecular weight is 349 g/mol. The van der Waals surface area contributed by atoms with Crippen LogP contribution in [0.3, 0.4) is 0 Å². The fourth-order valence-corrected chi connectivity index (χ4v) is 4.01. The van der Waals surface area contributed by atoms with Crippen molar-refractivity contribution in [1.82, 2.24) is 14.7 Å². The van der Waals surface area contributed by atoms with Crippen molar-refractivity contribution in [2.24, 2.45) is 5.41 Å². The molecule has 0 atom stereocenters. The van der Waals surface area contributed by atoms with Crippen molar-refractivity contribution in [3.63, 3.8) is 0 Å². The lowest BCUT2D eigenvalue weighted by atomic mass is 9.75. The standard InChI is InChI=1S/C18H25ClN4O/c19-11-17(24)22(14-18(13-20)8-2-1-3-9-18)12-16-7-10-21-23(16)15-5-4-6-15/h7,10,15H,1-6,8-9,11-12,14H2. The summed E-state index contributed by atoms with van der Waals surface area (Å²) < 4.78 is 2.05. The van der Waals surface area contributed by atoms with Crippen LogP contribution in [0.25, 0.3) is 0 Å². The smallest absolute Gasteiger partial charge is 0.237 e. The van der Waals surface area contributed by atoms with E-state index in [2.05, 4.69) is 15.8 Å². The lowest BCUT2D eigenvalue weighted by Gasteiger charge is -2.36. The minimum absolute atomic E-state index is 0.0426. The zero-order chi connectivity index (χ0) is 17.0. The summed E-state index contributed by atoms with van der Waals surface area (Å²) in [4.78, 5) is 14.2. The first kappa shape index (κ1) is 17.3. The molecule has 1 heterocycles. The van der Waals surface area contributed by atoms with Crippen molar-refractivity contribution in [2.75, 3.05) is 12.4 Å². The molecule has 24 heavy (non-hydrogen) atoms. The first-order chi connectivity index (χ1) is 11.7. The second kappa shape index (κ2) is 7.57. The number of nitriles is 1. The van der Waals surface area contributed by atoms with E-state index in [4.69, 9.17) is 11.6 Å². The van der Waals surface area contributed by atoms with Gasteiger partial charge in [0, 0.05) is 12.7 Å². The van der Waals surface area contributed by atoms with Gasteiger partial charge in [0.15, 0.2) is 0 Å². The van der Waals surface area contributed by atoms with Gasteiger partial charge in [0.2, 0.25) is 5.91 Å². The number of amides is 1. The van der Waals surface area contributed by atoms with E-state index < -0.39 is 5.41 Å². The minimum Gasteiger partial charge on any atom is -0.334 e. The summed E-state index contributed by atoms with van der Waals surface area (Å²) in [6, 6.07) is 4.95. The highest BCUT2D eigenvalue weighted by molar-refractivity contribution is 6.27. The van der Waals surface area contributed by atoms with Crippen LogP contribution in [0.4, 0.5) is 0 Å². The Morgan fingerprint density at radius 3 is 2.71 bits per heavy atom. The van der Waals surface area contributed by atoms with Gasteiger partial charge in [-0.25, -0.2) is 0 Å². The van der Waals surface area contributed by atoms with E-state index in [1.807, 2.05) is 6.07 Å². The largest absolute Gasteiger partial charge is 0.334 e. The van der Waals surface area contributed by atoms with E-state index >= 15 is 0 Å². The van der Waals surface area contributed by atoms with Gasteiger partial charge < -0.3 is 4.90 Å². The minimum atomic E-state index is -0.415. The zero-order valence-electron chi connectivity index (χ0n) is 14.1. The number of hydrogen-bond acceptors (Lipinski definition) is 3. The van der Waals surface area contributed by atoms with Crippen LogP contribution in [0.1, 0.15) is 63.1 Å². The Labute approximate surface area is 148 Å². The van der Waals surface area contributed by atoms with Crippen molar-refractivity contribution < 1.29 is 4.79 Å². The lowest BCUT2D eigenvalue weighted by Crippen LogP contribution is -2.42. The summed E-state index contributed by atoms with van der Waals surface area (Å²) in [5.41, 5.74) is 0.628. The maximum absolute atomic E-state index is 12.4. The van der Waals surface area contributed by atoms with Crippen LogP contribution >= 0.6 is 11.6 Å². The molecule has 2 aliphatic carbocycles. The molecule has 0 saturated heterocycles. The zero-order valence-corrected chi connectivity index (χ0v) is 14.8. The molecule has 2 fully saturated rings. The second-order valence-corrected chi connectivity index (χ2v) is 7.46. The van der Waals surface area contributed by atoms with Gasteiger partial charge >= 0.3 is 0 Å². The van der Waals surface area contributed by atoms with Crippen LogP contribution in [-0.2, 0) is 11.3 Å². The van der Waals surface area contributed by atoms with Gasteiger partial charge in [0.05, 0.1) is 29.8 Å². The van der Waals surface area contributed by atoms with Crippen molar-refractivity contribution >= 4 is 17.5 Å². The summed E-state index contributed by atoms with van der Waals surface area (Å²) in [6.45, 7) is 0.969. The third-order valence-electron chi connectivity index (χ3n) is 5.53. The molecule has 0 aromatic carbocycles. The lowest BCUT2D eigenvalue weighted by molar-refractivity contribution is -0.130. The molecule has 3 rings (SSSR count). The summed E-state index contributed by atoms with van der Waals surface area (Å²) in [7, 11) is 0. The third-order valence-corrected chi connectivity index (χ3v) is 5.76. The number of alkyl halides is 1. The van der Waals surface area contributed by atoms with Gasteiger partial charge in [-0.1, -0.05) is 19.3 Å². The molecule has 5 nitrogen and oxygen atoms in total. The molecule has 0 N–H and O–H groups in total. The molecule has 6 heteroatoms. The third kappa shape index (κ3) is 3.59. The Kier molecular flexibility index (Phi) is 5.45. The van der Waals surface area contributed by atoms with Crippen molar-refractivity contribution in [1.29, 1.82) is 5.26 Å². The van der Waals surface area contributed by atoms with Crippen LogP contribution in [0, 0.1) is 16.7 Å².